The zero-order valence-electron chi connectivity index (χ0n) is 18.6. The summed E-state index contributed by atoms with van der Waals surface area (Å²) in [6.45, 7) is 1.08. The quantitative estimate of drug-likeness (QED) is 0.710. The van der Waals surface area contributed by atoms with Crippen molar-refractivity contribution in [3.63, 3.8) is 0 Å². The molecule has 0 spiro atoms. The molecule has 0 bridgehead atoms. The van der Waals surface area contributed by atoms with Crippen molar-refractivity contribution in [1.29, 1.82) is 0 Å². The van der Waals surface area contributed by atoms with E-state index in [1.807, 2.05) is 23.1 Å². The second-order valence-corrected chi connectivity index (χ2v) is 7.98. The van der Waals surface area contributed by atoms with Gasteiger partial charge in [0.05, 0.1) is 26.9 Å². The molecule has 1 heterocycles. The maximum absolute atomic E-state index is 13.0. The minimum Gasteiger partial charge on any atom is -0.496 e. The molecule has 2 amide bonds. The monoisotopic (exact) mass is 436 g/mol. The minimum atomic E-state index is -0.0333. The summed E-state index contributed by atoms with van der Waals surface area (Å²) in [4.78, 5) is 26.7. The van der Waals surface area contributed by atoms with E-state index in [0.29, 0.717) is 42.3 Å². The molecule has 4 rings (SSSR count). The van der Waals surface area contributed by atoms with Gasteiger partial charge in [0.15, 0.2) is 0 Å². The van der Waals surface area contributed by atoms with Crippen LogP contribution < -0.4 is 19.5 Å². The number of rotatable bonds is 7. The summed E-state index contributed by atoms with van der Waals surface area (Å²) in [5.41, 5.74) is 3.28. The lowest BCUT2D eigenvalue weighted by Gasteiger charge is -2.28. The second kappa shape index (κ2) is 9.34. The predicted molar refractivity (Wildman–Crippen MR) is 122 cm³/mol. The average Bonchev–Trinajstić information content (AvgIpc) is 3.69. The van der Waals surface area contributed by atoms with E-state index in [4.69, 9.17) is 14.2 Å². The molecule has 2 aliphatic rings. The van der Waals surface area contributed by atoms with Crippen molar-refractivity contribution in [2.75, 3.05) is 39.7 Å². The second-order valence-electron chi connectivity index (χ2n) is 7.98. The highest BCUT2D eigenvalue weighted by molar-refractivity contribution is 5.97. The third-order valence-corrected chi connectivity index (χ3v) is 5.88. The number of hydrogen-bond acceptors (Lipinski definition) is 5. The summed E-state index contributed by atoms with van der Waals surface area (Å²) >= 11 is 0. The van der Waals surface area contributed by atoms with Crippen molar-refractivity contribution in [2.45, 2.75) is 19.3 Å². The number of nitrogens with zero attached hydrogens (tertiary/aromatic N) is 1. The molecular weight excluding hydrogens is 408 g/mol. The average molecular weight is 437 g/mol. The highest BCUT2D eigenvalue weighted by Gasteiger charge is 2.29. The Morgan fingerprint density at radius 1 is 0.969 bits per heavy atom. The third-order valence-electron chi connectivity index (χ3n) is 5.88. The largest absolute Gasteiger partial charge is 0.496 e. The van der Waals surface area contributed by atoms with Crippen LogP contribution in [-0.4, -0.2) is 51.1 Å². The summed E-state index contributed by atoms with van der Waals surface area (Å²) in [5, 5.41) is 2.90. The lowest BCUT2D eigenvalue weighted by atomic mass is 9.96. The normalized spacial score (nSPS) is 15.6. The van der Waals surface area contributed by atoms with Crippen LogP contribution in [0.5, 0.6) is 17.2 Å². The van der Waals surface area contributed by atoms with Crippen LogP contribution in [0.2, 0.25) is 0 Å². The van der Waals surface area contributed by atoms with Gasteiger partial charge in [0, 0.05) is 42.4 Å². The molecule has 0 radical (unpaired) electrons. The van der Waals surface area contributed by atoms with Crippen LogP contribution in [0.1, 0.15) is 35.2 Å². The number of hydrogen-bond donors (Lipinski definition) is 1. The van der Waals surface area contributed by atoms with Gasteiger partial charge in [0.1, 0.15) is 17.2 Å². The van der Waals surface area contributed by atoms with E-state index in [2.05, 4.69) is 5.32 Å². The lowest BCUT2D eigenvalue weighted by Crippen LogP contribution is -2.34. The van der Waals surface area contributed by atoms with Crippen LogP contribution in [0.3, 0.4) is 0 Å². The predicted octanol–water partition coefficient (Wildman–Crippen LogP) is 3.99. The van der Waals surface area contributed by atoms with E-state index < -0.39 is 0 Å². The molecule has 0 saturated heterocycles. The van der Waals surface area contributed by atoms with Crippen LogP contribution in [0, 0.1) is 5.92 Å². The topological polar surface area (TPSA) is 77.1 Å². The SMILES string of the molecule is COc1cc(OC)c(C2=CCN(C(=O)c3ccc(NC(=O)C4CC4)cc3)CC2)c(OC)c1. The first-order valence-corrected chi connectivity index (χ1v) is 10.7. The van der Waals surface area contributed by atoms with Gasteiger partial charge in [-0.05, 0) is 49.1 Å². The lowest BCUT2D eigenvalue weighted by molar-refractivity contribution is -0.117. The maximum atomic E-state index is 13.0. The fourth-order valence-corrected chi connectivity index (χ4v) is 3.87. The number of anilines is 1. The molecular formula is C25H28N2O5. The number of benzene rings is 2. The molecule has 1 N–H and O–H groups in total. The molecule has 1 aliphatic heterocycles. The van der Waals surface area contributed by atoms with Gasteiger partial charge in [-0.1, -0.05) is 6.08 Å². The van der Waals surface area contributed by atoms with Crippen LogP contribution in [0.25, 0.3) is 5.57 Å². The molecule has 2 aromatic carbocycles. The molecule has 0 unspecified atom stereocenters. The molecule has 7 nitrogen and oxygen atoms in total. The van der Waals surface area contributed by atoms with E-state index in [9.17, 15) is 9.59 Å². The highest BCUT2D eigenvalue weighted by atomic mass is 16.5. The van der Waals surface area contributed by atoms with Crippen molar-refractivity contribution < 1.29 is 23.8 Å². The van der Waals surface area contributed by atoms with E-state index in [0.717, 1.165) is 29.7 Å². The fourth-order valence-electron chi connectivity index (χ4n) is 3.87. The van der Waals surface area contributed by atoms with Crippen molar-refractivity contribution in [3.8, 4) is 17.2 Å². The van der Waals surface area contributed by atoms with Gasteiger partial charge in [-0.2, -0.15) is 0 Å². The summed E-state index contributed by atoms with van der Waals surface area (Å²) in [6.07, 6.45) is 4.64. The van der Waals surface area contributed by atoms with Gasteiger partial charge in [-0.15, -0.1) is 0 Å². The zero-order chi connectivity index (χ0) is 22.7. The standard InChI is InChI=1S/C25H28N2O5/c1-30-20-14-21(31-2)23(22(15-20)32-3)16-10-12-27(13-11-16)25(29)18-6-8-19(9-7-18)26-24(28)17-4-5-17/h6-10,14-15,17H,4-5,11-13H2,1-3H3,(H,26,28). The Morgan fingerprint density at radius 2 is 1.62 bits per heavy atom. The Labute approximate surface area is 188 Å². The molecule has 1 fully saturated rings. The molecule has 7 heteroatoms. The highest BCUT2D eigenvalue weighted by Crippen LogP contribution is 2.41. The Bertz CT molecular complexity index is 1020. The van der Waals surface area contributed by atoms with Crippen molar-refractivity contribution in [1.82, 2.24) is 4.90 Å². The van der Waals surface area contributed by atoms with Crippen LogP contribution >= 0.6 is 0 Å². The van der Waals surface area contributed by atoms with E-state index in [1.54, 1.807) is 45.6 Å². The van der Waals surface area contributed by atoms with Gasteiger partial charge >= 0.3 is 0 Å². The maximum Gasteiger partial charge on any atom is 0.254 e. The smallest absolute Gasteiger partial charge is 0.254 e. The number of carbonyl (C=O) groups is 2. The van der Waals surface area contributed by atoms with Crippen molar-refractivity contribution in [3.05, 3.63) is 53.6 Å². The third kappa shape index (κ3) is 4.56. The van der Waals surface area contributed by atoms with Gasteiger partial charge in [0.25, 0.3) is 5.91 Å². The summed E-state index contributed by atoms with van der Waals surface area (Å²) in [5.74, 6) is 2.18. The minimum absolute atomic E-state index is 0.0333. The number of ether oxygens (including phenoxy) is 3. The fraction of sp³-hybridized carbons (Fsp3) is 0.360. The number of amides is 2. The van der Waals surface area contributed by atoms with E-state index in [1.165, 1.54) is 0 Å². The molecule has 1 saturated carbocycles. The molecule has 1 aliphatic carbocycles. The number of nitrogens with one attached hydrogen (secondary N) is 1. The Hall–Kier alpha value is -3.48. The first-order chi connectivity index (χ1) is 15.5. The number of methoxy groups -OCH3 is 3. The number of carbonyl (C=O) groups excluding carboxylic acids is 2. The molecule has 2 aromatic rings. The van der Waals surface area contributed by atoms with Gasteiger partial charge < -0.3 is 24.4 Å². The summed E-state index contributed by atoms with van der Waals surface area (Å²) in [7, 11) is 4.84. The zero-order valence-corrected chi connectivity index (χ0v) is 18.6. The Balaban J connectivity index is 1.46. The van der Waals surface area contributed by atoms with E-state index in [-0.39, 0.29) is 17.7 Å². The molecule has 0 aromatic heterocycles. The van der Waals surface area contributed by atoms with Gasteiger partial charge in [0.2, 0.25) is 5.91 Å². The van der Waals surface area contributed by atoms with Crippen LogP contribution in [0.4, 0.5) is 5.69 Å². The van der Waals surface area contributed by atoms with Crippen molar-refractivity contribution in [2.24, 2.45) is 5.92 Å². The first kappa shape index (κ1) is 21.7. The van der Waals surface area contributed by atoms with Crippen LogP contribution in [0.15, 0.2) is 42.5 Å². The summed E-state index contributed by atoms with van der Waals surface area (Å²) < 4.78 is 16.5. The molecule has 0 atom stereocenters. The molecule has 32 heavy (non-hydrogen) atoms. The van der Waals surface area contributed by atoms with Gasteiger partial charge in [-0.25, -0.2) is 0 Å². The first-order valence-electron chi connectivity index (χ1n) is 10.7. The van der Waals surface area contributed by atoms with E-state index >= 15 is 0 Å². The van der Waals surface area contributed by atoms with Crippen molar-refractivity contribution >= 4 is 23.1 Å². The Morgan fingerprint density at radius 3 is 2.12 bits per heavy atom. The Kier molecular flexibility index (Phi) is 6.35. The van der Waals surface area contributed by atoms with Gasteiger partial charge in [-0.3, -0.25) is 9.59 Å². The summed E-state index contributed by atoms with van der Waals surface area (Å²) in [6, 6.07) is 10.8. The van der Waals surface area contributed by atoms with Crippen LogP contribution in [-0.2, 0) is 4.79 Å². The molecule has 168 valence electrons.